The molecule has 0 aromatic heterocycles. The Labute approximate surface area is 123 Å². The second-order valence-electron chi connectivity index (χ2n) is 5.51. The van der Waals surface area contributed by atoms with Gasteiger partial charge in [-0.2, -0.15) is 0 Å². The maximum absolute atomic E-state index is 11.7. The zero-order valence-corrected chi connectivity index (χ0v) is 13.1. The molecule has 1 aromatic rings. The van der Waals surface area contributed by atoms with E-state index in [0.717, 1.165) is 10.5 Å². The largest absolute Gasteiger partial charge is 0.398 e. The fourth-order valence-electron chi connectivity index (χ4n) is 1.47. The Kier molecular flexibility index (Phi) is 5.44. The molecule has 0 aliphatic rings. The topological polar surface area (TPSA) is 84.2 Å². The molecular weight excluding hydrogens is 274 g/mol. The summed E-state index contributed by atoms with van der Waals surface area (Å²) >= 11 is 1.36. The quantitative estimate of drug-likeness (QED) is 0.590. The van der Waals surface area contributed by atoms with Gasteiger partial charge in [-0.3, -0.25) is 10.1 Å². The number of benzene rings is 1. The average molecular weight is 295 g/mol. The third-order valence-corrected chi connectivity index (χ3v) is 3.59. The summed E-state index contributed by atoms with van der Waals surface area (Å²) in [5.41, 5.74) is 7.07. The molecule has 1 aromatic carbocycles. The molecule has 4 N–H and O–H groups in total. The Morgan fingerprint density at radius 2 is 1.95 bits per heavy atom. The lowest BCUT2D eigenvalue weighted by atomic mass is 10.1. The number of nitrogen functional groups attached to an aromatic ring is 1. The molecule has 1 rings (SSSR count). The van der Waals surface area contributed by atoms with Crippen LogP contribution in [-0.2, 0) is 4.79 Å². The molecule has 0 heterocycles. The van der Waals surface area contributed by atoms with Crippen molar-refractivity contribution in [2.45, 2.75) is 38.1 Å². The van der Waals surface area contributed by atoms with Crippen LogP contribution in [0, 0.1) is 6.92 Å². The van der Waals surface area contributed by atoms with E-state index in [1.807, 2.05) is 45.9 Å². The van der Waals surface area contributed by atoms with Crippen molar-refractivity contribution in [1.82, 2.24) is 10.6 Å². The van der Waals surface area contributed by atoms with Crippen molar-refractivity contribution in [3.05, 3.63) is 23.8 Å². The van der Waals surface area contributed by atoms with Crippen LogP contribution in [0.2, 0.25) is 0 Å². The van der Waals surface area contributed by atoms with Crippen molar-refractivity contribution < 1.29 is 9.59 Å². The number of carbonyl (C=O) groups excluding carboxylic acids is 2. The van der Waals surface area contributed by atoms with E-state index in [0.29, 0.717) is 5.69 Å². The number of rotatable bonds is 3. The Hall–Kier alpha value is -1.69. The number of hydrogen-bond donors (Lipinski definition) is 3. The maximum Gasteiger partial charge on any atom is 0.321 e. The van der Waals surface area contributed by atoms with Crippen LogP contribution >= 0.6 is 11.8 Å². The molecule has 0 spiro atoms. The molecule has 5 nitrogen and oxygen atoms in total. The molecule has 0 aliphatic heterocycles. The molecule has 0 unspecified atom stereocenters. The van der Waals surface area contributed by atoms with E-state index in [4.69, 9.17) is 5.73 Å². The fraction of sp³-hybridized carbons (Fsp3) is 0.429. The first-order chi connectivity index (χ1) is 9.19. The van der Waals surface area contributed by atoms with E-state index in [1.165, 1.54) is 11.8 Å². The summed E-state index contributed by atoms with van der Waals surface area (Å²) < 4.78 is 0. The second kappa shape index (κ2) is 6.65. The third kappa shape index (κ3) is 5.52. The number of carbonyl (C=O) groups is 2. The highest BCUT2D eigenvalue weighted by atomic mass is 32.2. The van der Waals surface area contributed by atoms with Gasteiger partial charge in [0.15, 0.2) is 0 Å². The van der Waals surface area contributed by atoms with Crippen molar-refractivity contribution in [2.75, 3.05) is 11.5 Å². The highest BCUT2D eigenvalue weighted by Gasteiger charge is 2.15. The van der Waals surface area contributed by atoms with Crippen molar-refractivity contribution in [1.29, 1.82) is 0 Å². The predicted molar refractivity (Wildman–Crippen MR) is 82.7 cm³/mol. The minimum Gasteiger partial charge on any atom is -0.398 e. The number of thioether (sulfide) groups is 1. The molecular formula is C14H21N3O2S. The van der Waals surface area contributed by atoms with Crippen LogP contribution < -0.4 is 16.4 Å². The van der Waals surface area contributed by atoms with Gasteiger partial charge in [-0.05, 0) is 45.4 Å². The van der Waals surface area contributed by atoms with Crippen LogP contribution in [0.25, 0.3) is 0 Å². The smallest absolute Gasteiger partial charge is 0.321 e. The lowest BCUT2D eigenvalue weighted by Gasteiger charge is -2.20. The molecule has 0 aliphatic carbocycles. The van der Waals surface area contributed by atoms with Crippen LogP contribution in [0.3, 0.4) is 0 Å². The van der Waals surface area contributed by atoms with Gasteiger partial charge in [-0.15, -0.1) is 11.8 Å². The number of amides is 3. The minimum atomic E-state index is -0.479. The molecule has 3 amide bonds. The van der Waals surface area contributed by atoms with Crippen molar-refractivity contribution in [3.63, 3.8) is 0 Å². The van der Waals surface area contributed by atoms with Crippen LogP contribution in [0.4, 0.5) is 10.5 Å². The highest BCUT2D eigenvalue weighted by Crippen LogP contribution is 2.25. The molecule has 110 valence electrons. The average Bonchev–Trinajstić information content (AvgIpc) is 2.28. The van der Waals surface area contributed by atoms with Crippen LogP contribution in [-0.4, -0.2) is 23.2 Å². The SMILES string of the molecule is Cc1c(N)cccc1SCC(=O)NC(=O)NC(C)(C)C. The van der Waals surface area contributed by atoms with Crippen LogP contribution in [0.1, 0.15) is 26.3 Å². The molecule has 6 heteroatoms. The standard InChI is InChI=1S/C14H21N3O2S/c1-9-10(15)6-5-7-11(9)20-8-12(18)16-13(19)17-14(2,3)4/h5-7H,8,15H2,1-4H3,(H2,16,17,18,19). The predicted octanol–water partition coefficient (Wildman–Crippen LogP) is 2.29. The lowest BCUT2D eigenvalue weighted by molar-refractivity contribution is -0.117. The third-order valence-electron chi connectivity index (χ3n) is 2.43. The number of urea groups is 1. The minimum absolute atomic E-state index is 0.169. The molecule has 0 saturated carbocycles. The number of hydrogen-bond acceptors (Lipinski definition) is 4. The first-order valence-corrected chi connectivity index (χ1v) is 7.27. The summed E-state index contributed by atoms with van der Waals surface area (Å²) in [6.45, 7) is 7.45. The van der Waals surface area contributed by atoms with Crippen molar-refractivity contribution >= 4 is 29.4 Å². The summed E-state index contributed by atoms with van der Waals surface area (Å²) in [4.78, 5) is 24.2. The van der Waals surface area contributed by atoms with Gasteiger partial charge in [0, 0.05) is 16.1 Å². The Bertz CT molecular complexity index is 510. The normalized spacial score (nSPS) is 11.0. The monoisotopic (exact) mass is 295 g/mol. The lowest BCUT2D eigenvalue weighted by Crippen LogP contribution is -2.48. The van der Waals surface area contributed by atoms with E-state index in [-0.39, 0.29) is 17.2 Å². The molecule has 0 bridgehead atoms. The van der Waals surface area contributed by atoms with Crippen molar-refractivity contribution in [3.8, 4) is 0 Å². The molecule has 0 fully saturated rings. The number of nitrogens with one attached hydrogen (secondary N) is 2. The molecule has 0 saturated heterocycles. The van der Waals surface area contributed by atoms with Gasteiger partial charge in [-0.25, -0.2) is 4.79 Å². The van der Waals surface area contributed by atoms with Gasteiger partial charge in [0.2, 0.25) is 5.91 Å². The van der Waals surface area contributed by atoms with Gasteiger partial charge in [0.1, 0.15) is 0 Å². The van der Waals surface area contributed by atoms with E-state index < -0.39 is 6.03 Å². The zero-order chi connectivity index (χ0) is 15.3. The fourth-order valence-corrected chi connectivity index (χ4v) is 2.33. The summed E-state index contributed by atoms with van der Waals surface area (Å²) in [6.07, 6.45) is 0. The Morgan fingerprint density at radius 3 is 2.55 bits per heavy atom. The second-order valence-corrected chi connectivity index (χ2v) is 6.53. The highest BCUT2D eigenvalue weighted by molar-refractivity contribution is 8.00. The zero-order valence-electron chi connectivity index (χ0n) is 12.2. The number of nitrogens with two attached hydrogens (primary N) is 1. The van der Waals surface area contributed by atoms with Crippen LogP contribution in [0.15, 0.2) is 23.1 Å². The molecule has 0 radical (unpaired) electrons. The summed E-state index contributed by atoms with van der Waals surface area (Å²) in [5, 5.41) is 4.97. The van der Waals surface area contributed by atoms with E-state index in [9.17, 15) is 9.59 Å². The first-order valence-electron chi connectivity index (χ1n) is 6.29. The Morgan fingerprint density at radius 1 is 1.30 bits per heavy atom. The number of anilines is 1. The summed E-state index contributed by atoms with van der Waals surface area (Å²) in [7, 11) is 0. The van der Waals surface area contributed by atoms with E-state index in [1.54, 1.807) is 0 Å². The van der Waals surface area contributed by atoms with Gasteiger partial charge < -0.3 is 11.1 Å². The number of imide groups is 1. The maximum atomic E-state index is 11.7. The van der Waals surface area contributed by atoms with E-state index in [2.05, 4.69) is 10.6 Å². The molecule has 20 heavy (non-hydrogen) atoms. The van der Waals surface area contributed by atoms with Gasteiger partial charge >= 0.3 is 6.03 Å². The van der Waals surface area contributed by atoms with Gasteiger partial charge in [0.25, 0.3) is 0 Å². The van der Waals surface area contributed by atoms with Gasteiger partial charge in [0.05, 0.1) is 5.75 Å². The van der Waals surface area contributed by atoms with Crippen molar-refractivity contribution in [2.24, 2.45) is 0 Å². The first kappa shape index (κ1) is 16.4. The molecule has 0 atom stereocenters. The van der Waals surface area contributed by atoms with E-state index >= 15 is 0 Å². The van der Waals surface area contributed by atoms with Gasteiger partial charge in [-0.1, -0.05) is 6.07 Å². The summed E-state index contributed by atoms with van der Waals surface area (Å²) in [6, 6.07) is 5.08. The van der Waals surface area contributed by atoms with Crippen LogP contribution in [0.5, 0.6) is 0 Å². The Balaban J connectivity index is 2.48. The summed E-state index contributed by atoms with van der Waals surface area (Å²) in [5.74, 6) is -0.166.